The molecule has 0 saturated carbocycles. The second kappa shape index (κ2) is 8.23. The van der Waals surface area contributed by atoms with Gasteiger partial charge in [0.05, 0.1) is 11.4 Å². The second-order valence-electron chi connectivity index (χ2n) is 5.48. The van der Waals surface area contributed by atoms with Gasteiger partial charge in [0.2, 0.25) is 15.9 Å². The van der Waals surface area contributed by atoms with Crippen molar-refractivity contribution < 1.29 is 13.2 Å². The molecule has 1 aromatic rings. The molecule has 0 atom stereocenters. The van der Waals surface area contributed by atoms with E-state index in [1.807, 2.05) is 11.8 Å². The lowest BCUT2D eigenvalue weighted by Crippen LogP contribution is -2.51. The van der Waals surface area contributed by atoms with Crippen LogP contribution in [-0.2, 0) is 14.8 Å². The summed E-state index contributed by atoms with van der Waals surface area (Å²) in [7, 11) is -3.46. The first-order valence-corrected chi connectivity index (χ1v) is 9.91. The smallest absolute Gasteiger partial charge is 0.243 e. The zero-order chi connectivity index (χ0) is 16.9. The Balaban J connectivity index is 1.91. The molecule has 8 heteroatoms. The van der Waals surface area contributed by atoms with Gasteiger partial charge in [0.1, 0.15) is 0 Å². The Morgan fingerprint density at radius 3 is 2.35 bits per heavy atom. The summed E-state index contributed by atoms with van der Waals surface area (Å²) in [5.74, 6) is -0.00364. The van der Waals surface area contributed by atoms with Gasteiger partial charge >= 0.3 is 0 Å². The Bertz CT molecular complexity index is 626. The maximum atomic E-state index is 12.6. The number of benzene rings is 1. The lowest BCUT2D eigenvalue weighted by Gasteiger charge is -2.33. The maximum Gasteiger partial charge on any atom is 0.243 e. The molecule has 0 bridgehead atoms. The topological polar surface area (TPSA) is 69.7 Å². The third-order valence-electron chi connectivity index (χ3n) is 3.72. The van der Waals surface area contributed by atoms with Gasteiger partial charge in [-0.3, -0.25) is 9.69 Å². The van der Waals surface area contributed by atoms with Crippen LogP contribution in [-0.4, -0.2) is 62.8 Å². The van der Waals surface area contributed by atoms with Crippen molar-refractivity contribution >= 4 is 31.9 Å². The average Bonchev–Trinajstić information content (AvgIpc) is 2.54. The summed E-state index contributed by atoms with van der Waals surface area (Å²) in [6.45, 7) is 4.94. The largest absolute Gasteiger partial charge is 0.355 e. The van der Waals surface area contributed by atoms with Crippen LogP contribution in [0.4, 0.5) is 0 Å². The van der Waals surface area contributed by atoms with E-state index in [9.17, 15) is 13.2 Å². The number of sulfonamides is 1. The molecule has 23 heavy (non-hydrogen) atoms. The van der Waals surface area contributed by atoms with E-state index in [-0.39, 0.29) is 5.91 Å². The Hall–Kier alpha value is -0.960. The highest BCUT2D eigenvalue weighted by molar-refractivity contribution is 9.10. The summed E-state index contributed by atoms with van der Waals surface area (Å²) in [5.41, 5.74) is 0. The van der Waals surface area contributed by atoms with Crippen molar-refractivity contribution in [2.24, 2.45) is 0 Å². The first kappa shape index (κ1) is 18.4. The highest BCUT2D eigenvalue weighted by atomic mass is 79.9. The van der Waals surface area contributed by atoms with E-state index >= 15 is 0 Å². The molecular formula is C15H22BrN3O3S. The van der Waals surface area contributed by atoms with Gasteiger partial charge in [-0.15, -0.1) is 0 Å². The summed E-state index contributed by atoms with van der Waals surface area (Å²) in [6.07, 6.45) is 0.908. The standard InChI is InChI=1S/C15H22BrN3O3S/c1-2-7-17-15(20)12-18-8-10-19(11-9-18)23(21,22)14-5-3-13(16)4-6-14/h3-6H,2,7-12H2,1H3,(H,17,20). The van der Waals surface area contributed by atoms with Crippen molar-refractivity contribution in [1.82, 2.24) is 14.5 Å². The summed E-state index contributed by atoms with van der Waals surface area (Å²) < 4.78 is 27.5. The molecule has 1 amide bonds. The number of rotatable bonds is 6. The molecule has 1 fully saturated rings. The second-order valence-corrected chi connectivity index (χ2v) is 8.34. The molecule has 0 aromatic heterocycles. The molecule has 0 radical (unpaired) electrons. The van der Waals surface area contributed by atoms with Gasteiger partial charge in [-0.25, -0.2) is 8.42 Å². The Labute approximate surface area is 146 Å². The molecule has 0 spiro atoms. The molecule has 128 valence electrons. The van der Waals surface area contributed by atoms with Crippen molar-refractivity contribution in [3.8, 4) is 0 Å². The zero-order valence-electron chi connectivity index (χ0n) is 13.2. The number of nitrogens with one attached hydrogen (secondary N) is 1. The number of hydrogen-bond acceptors (Lipinski definition) is 4. The first-order valence-electron chi connectivity index (χ1n) is 7.68. The molecule has 0 aliphatic carbocycles. The molecule has 1 aliphatic heterocycles. The third kappa shape index (κ3) is 5.00. The van der Waals surface area contributed by atoms with Crippen molar-refractivity contribution in [2.75, 3.05) is 39.3 Å². The number of hydrogen-bond donors (Lipinski definition) is 1. The summed E-state index contributed by atoms with van der Waals surface area (Å²) in [5, 5.41) is 2.84. The predicted octanol–water partition coefficient (Wildman–Crippen LogP) is 1.28. The number of amides is 1. The zero-order valence-corrected chi connectivity index (χ0v) is 15.6. The fourth-order valence-electron chi connectivity index (χ4n) is 2.41. The van der Waals surface area contributed by atoms with E-state index in [0.717, 1.165) is 10.9 Å². The number of nitrogens with zero attached hydrogens (tertiary/aromatic N) is 2. The van der Waals surface area contributed by atoms with Crippen LogP contribution in [0.5, 0.6) is 0 Å². The van der Waals surface area contributed by atoms with Gasteiger partial charge in [-0.2, -0.15) is 4.31 Å². The van der Waals surface area contributed by atoms with Gasteiger partial charge in [0.15, 0.2) is 0 Å². The molecule has 1 N–H and O–H groups in total. The Morgan fingerprint density at radius 1 is 1.17 bits per heavy atom. The van der Waals surface area contributed by atoms with Crippen molar-refractivity contribution in [2.45, 2.75) is 18.2 Å². The summed E-state index contributed by atoms with van der Waals surface area (Å²) in [6, 6.07) is 6.65. The van der Waals surface area contributed by atoms with E-state index in [1.165, 1.54) is 4.31 Å². The van der Waals surface area contributed by atoms with E-state index in [0.29, 0.717) is 44.2 Å². The minimum atomic E-state index is -3.46. The lowest BCUT2D eigenvalue weighted by atomic mass is 10.3. The van der Waals surface area contributed by atoms with Crippen LogP contribution in [0.25, 0.3) is 0 Å². The van der Waals surface area contributed by atoms with Crippen LogP contribution in [0.1, 0.15) is 13.3 Å². The van der Waals surface area contributed by atoms with Crippen LogP contribution in [0.15, 0.2) is 33.6 Å². The molecular weight excluding hydrogens is 382 g/mol. The highest BCUT2D eigenvalue weighted by Gasteiger charge is 2.28. The predicted molar refractivity (Wildman–Crippen MR) is 92.6 cm³/mol. The van der Waals surface area contributed by atoms with Gasteiger partial charge < -0.3 is 5.32 Å². The minimum Gasteiger partial charge on any atom is -0.355 e. The van der Waals surface area contributed by atoms with Gasteiger partial charge in [0, 0.05) is 37.2 Å². The number of halogens is 1. The molecule has 0 unspecified atom stereocenters. The normalized spacial score (nSPS) is 17.1. The van der Waals surface area contributed by atoms with Crippen molar-refractivity contribution in [3.63, 3.8) is 0 Å². The molecule has 2 rings (SSSR count). The van der Waals surface area contributed by atoms with Crippen molar-refractivity contribution in [3.05, 3.63) is 28.7 Å². The molecule has 6 nitrogen and oxygen atoms in total. The number of carbonyl (C=O) groups is 1. The fraction of sp³-hybridized carbons (Fsp3) is 0.533. The Kier molecular flexibility index (Phi) is 6.58. The van der Waals surface area contributed by atoms with Crippen LogP contribution in [0, 0.1) is 0 Å². The number of carbonyl (C=O) groups excluding carboxylic acids is 1. The van der Waals surface area contributed by atoms with Gasteiger partial charge in [-0.1, -0.05) is 22.9 Å². The Morgan fingerprint density at radius 2 is 1.78 bits per heavy atom. The van der Waals surface area contributed by atoms with Gasteiger partial charge in [0.25, 0.3) is 0 Å². The van der Waals surface area contributed by atoms with E-state index < -0.39 is 10.0 Å². The third-order valence-corrected chi connectivity index (χ3v) is 6.16. The summed E-state index contributed by atoms with van der Waals surface area (Å²) >= 11 is 3.30. The average molecular weight is 404 g/mol. The first-order chi connectivity index (χ1) is 10.9. The van der Waals surface area contributed by atoms with Crippen LogP contribution >= 0.6 is 15.9 Å². The van der Waals surface area contributed by atoms with Crippen molar-refractivity contribution in [1.29, 1.82) is 0 Å². The van der Waals surface area contributed by atoms with E-state index in [1.54, 1.807) is 24.3 Å². The summed E-state index contributed by atoms with van der Waals surface area (Å²) in [4.78, 5) is 14.0. The van der Waals surface area contributed by atoms with Gasteiger partial charge in [-0.05, 0) is 30.7 Å². The quantitative estimate of drug-likeness (QED) is 0.776. The SMILES string of the molecule is CCCNC(=O)CN1CCN(S(=O)(=O)c2ccc(Br)cc2)CC1. The minimum absolute atomic E-state index is 0.00364. The maximum absolute atomic E-state index is 12.6. The van der Waals surface area contributed by atoms with Crippen LogP contribution in [0.2, 0.25) is 0 Å². The molecule has 1 heterocycles. The number of piperazine rings is 1. The molecule has 1 aliphatic rings. The molecule has 1 aromatic carbocycles. The molecule has 1 saturated heterocycles. The van der Waals surface area contributed by atoms with E-state index in [4.69, 9.17) is 0 Å². The lowest BCUT2D eigenvalue weighted by molar-refractivity contribution is -0.122. The monoisotopic (exact) mass is 403 g/mol. The highest BCUT2D eigenvalue weighted by Crippen LogP contribution is 2.20. The van der Waals surface area contributed by atoms with E-state index in [2.05, 4.69) is 21.2 Å². The fourth-order valence-corrected chi connectivity index (χ4v) is 4.09. The van der Waals surface area contributed by atoms with Crippen LogP contribution in [0.3, 0.4) is 0 Å². The van der Waals surface area contributed by atoms with Crippen LogP contribution < -0.4 is 5.32 Å².